The molecule has 1 rings (SSSR count). The number of methoxy groups -OCH3 is 1. The highest BCUT2D eigenvalue weighted by molar-refractivity contribution is 5.89. The topological polar surface area (TPSA) is 35.5 Å². The fraction of sp³-hybridized carbons (Fsp3) is 0.364. The minimum Gasteiger partial charge on any atom is -0.488 e. The Hall–Kier alpha value is -1.65. The van der Waals surface area contributed by atoms with Gasteiger partial charge in [0, 0.05) is 6.07 Å². The van der Waals surface area contributed by atoms with Crippen LogP contribution in [-0.2, 0) is 4.74 Å². The first-order valence-corrected chi connectivity index (χ1v) is 4.69. The van der Waals surface area contributed by atoms with Gasteiger partial charge < -0.3 is 9.47 Å². The van der Waals surface area contributed by atoms with Gasteiger partial charge in [0.25, 0.3) is 0 Å². The third-order valence-electron chi connectivity index (χ3n) is 1.79. The van der Waals surface area contributed by atoms with Crippen molar-refractivity contribution in [2.24, 2.45) is 0 Å². The van der Waals surface area contributed by atoms with Crippen molar-refractivity contribution in [3.05, 3.63) is 29.3 Å². The number of benzene rings is 1. The Morgan fingerprint density at radius 3 is 2.38 bits per heavy atom. The van der Waals surface area contributed by atoms with Gasteiger partial charge in [-0.1, -0.05) is 0 Å². The van der Waals surface area contributed by atoms with Gasteiger partial charge in [0.2, 0.25) is 0 Å². The summed E-state index contributed by atoms with van der Waals surface area (Å²) in [5, 5.41) is 0. The summed E-state index contributed by atoms with van der Waals surface area (Å²) in [6.45, 7) is 3.37. The van der Waals surface area contributed by atoms with E-state index in [4.69, 9.17) is 4.74 Å². The lowest BCUT2D eigenvalue weighted by atomic mass is 10.2. The van der Waals surface area contributed by atoms with E-state index in [-0.39, 0.29) is 11.9 Å². The largest absolute Gasteiger partial charge is 0.488 e. The van der Waals surface area contributed by atoms with E-state index in [1.807, 2.05) is 0 Å². The molecular weight excluding hydrogens is 218 g/mol. The summed E-state index contributed by atoms with van der Waals surface area (Å²) < 4.78 is 36.1. The zero-order chi connectivity index (χ0) is 12.3. The molecule has 0 fully saturated rings. The molecule has 0 aliphatic carbocycles. The monoisotopic (exact) mass is 230 g/mol. The molecule has 0 bridgehead atoms. The average Bonchev–Trinajstić information content (AvgIpc) is 2.21. The van der Waals surface area contributed by atoms with Crippen molar-refractivity contribution >= 4 is 5.97 Å². The van der Waals surface area contributed by atoms with Crippen LogP contribution in [0.1, 0.15) is 24.2 Å². The number of hydrogen-bond donors (Lipinski definition) is 0. The second-order valence-corrected chi connectivity index (χ2v) is 3.42. The van der Waals surface area contributed by atoms with Crippen LogP contribution < -0.4 is 4.74 Å². The van der Waals surface area contributed by atoms with E-state index in [0.717, 1.165) is 19.2 Å². The van der Waals surface area contributed by atoms with Gasteiger partial charge >= 0.3 is 5.97 Å². The SMILES string of the molecule is COC(=O)c1cc(F)c(OC(C)C)cc1F. The van der Waals surface area contributed by atoms with Crippen LogP contribution in [0, 0.1) is 11.6 Å². The number of carbonyl (C=O) groups is 1. The zero-order valence-corrected chi connectivity index (χ0v) is 9.21. The standard InChI is InChI=1S/C11H12F2O3/c1-6(2)16-10-5-8(12)7(4-9(10)13)11(14)15-3/h4-6H,1-3H3. The summed E-state index contributed by atoms with van der Waals surface area (Å²) >= 11 is 0. The molecule has 0 aromatic heterocycles. The lowest BCUT2D eigenvalue weighted by molar-refractivity contribution is 0.0594. The maximum atomic E-state index is 13.4. The Morgan fingerprint density at radius 2 is 1.88 bits per heavy atom. The van der Waals surface area contributed by atoms with Gasteiger partial charge in [0.05, 0.1) is 18.8 Å². The van der Waals surface area contributed by atoms with E-state index < -0.39 is 23.2 Å². The second-order valence-electron chi connectivity index (χ2n) is 3.42. The molecule has 0 atom stereocenters. The number of halogens is 2. The van der Waals surface area contributed by atoms with Crippen molar-refractivity contribution < 1.29 is 23.0 Å². The molecule has 0 aliphatic rings. The Kier molecular flexibility index (Phi) is 3.82. The predicted octanol–water partition coefficient (Wildman–Crippen LogP) is 2.54. The summed E-state index contributed by atoms with van der Waals surface area (Å²) in [7, 11) is 1.10. The van der Waals surface area contributed by atoms with Gasteiger partial charge in [-0.25, -0.2) is 13.6 Å². The minimum atomic E-state index is -0.924. The third kappa shape index (κ3) is 2.68. The van der Waals surface area contributed by atoms with Gasteiger partial charge in [0.1, 0.15) is 5.82 Å². The highest BCUT2D eigenvalue weighted by atomic mass is 19.1. The average molecular weight is 230 g/mol. The molecule has 0 amide bonds. The first kappa shape index (κ1) is 12.4. The zero-order valence-electron chi connectivity index (χ0n) is 9.21. The van der Waals surface area contributed by atoms with Crippen molar-refractivity contribution in [1.29, 1.82) is 0 Å². The van der Waals surface area contributed by atoms with Gasteiger partial charge in [-0.15, -0.1) is 0 Å². The van der Waals surface area contributed by atoms with Crippen molar-refractivity contribution in [1.82, 2.24) is 0 Å². The number of rotatable bonds is 3. The van der Waals surface area contributed by atoms with E-state index >= 15 is 0 Å². The second kappa shape index (κ2) is 4.92. The predicted molar refractivity (Wildman–Crippen MR) is 53.5 cm³/mol. The van der Waals surface area contributed by atoms with Crippen LogP contribution in [0.25, 0.3) is 0 Å². The normalized spacial score (nSPS) is 10.4. The third-order valence-corrected chi connectivity index (χ3v) is 1.79. The number of carbonyl (C=O) groups excluding carboxylic acids is 1. The van der Waals surface area contributed by atoms with Gasteiger partial charge in [-0.2, -0.15) is 0 Å². The molecule has 0 saturated heterocycles. The van der Waals surface area contributed by atoms with E-state index in [1.54, 1.807) is 13.8 Å². The van der Waals surface area contributed by atoms with Crippen molar-refractivity contribution in [3.8, 4) is 5.75 Å². The number of hydrogen-bond acceptors (Lipinski definition) is 3. The smallest absolute Gasteiger partial charge is 0.340 e. The quantitative estimate of drug-likeness (QED) is 0.748. The summed E-state index contributed by atoms with van der Waals surface area (Å²) in [6, 6.07) is 1.60. The Labute approximate surface area is 92.0 Å². The molecule has 0 unspecified atom stereocenters. The van der Waals surface area contributed by atoms with E-state index in [2.05, 4.69) is 4.74 Å². The highest BCUT2D eigenvalue weighted by Crippen LogP contribution is 2.23. The minimum absolute atomic E-state index is 0.222. The molecule has 0 radical (unpaired) electrons. The first-order chi connectivity index (χ1) is 7.45. The highest BCUT2D eigenvalue weighted by Gasteiger charge is 2.17. The Balaban J connectivity index is 3.11. The van der Waals surface area contributed by atoms with Gasteiger partial charge in [-0.05, 0) is 19.9 Å². The van der Waals surface area contributed by atoms with Gasteiger partial charge in [0.15, 0.2) is 11.6 Å². The molecule has 0 spiro atoms. The lowest BCUT2D eigenvalue weighted by Gasteiger charge is -2.11. The van der Waals surface area contributed by atoms with E-state index in [0.29, 0.717) is 0 Å². The molecule has 5 heteroatoms. The van der Waals surface area contributed by atoms with Crippen LogP contribution in [0.3, 0.4) is 0 Å². The fourth-order valence-corrected chi connectivity index (χ4v) is 1.14. The lowest BCUT2D eigenvalue weighted by Crippen LogP contribution is -2.10. The molecule has 16 heavy (non-hydrogen) atoms. The molecule has 0 heterocycles. The summed E-state index contributed by atoms with van der Waals surface area (Å²) in [4.78, 5) is 11.1. The van der Waals surface area contributed by atoms with Crippen LogP contribution in [0.4, 0.5) is 8.78 Å². The van der Waals surface area contributed by atoms with Crippen molar-refractivity contribution in [3.63, 3.8) is 0 Å². The van der Waals surface area contributed by atoms with Crippen LogP contribution in [0.15, 0.2) is 12.1 Å². The van der Waals surface area contributed by atoms with Crippen LogP contribution >= 0.6 is 0 Å². The molecule has 0 saturated carbocycles. The summed E-state index contributed by atoms with van der Waals surface area (Å²) in [5.41, 5.74) is -0.448. The number of esters is 1. The van der Waals surface area contributed by atoms with Crippen LogP contribution in [0.2, 0.25) is 0 Å². The Morgan fingerprint density at radius 1 is 1.25 bits per heavy atom. The maximum Gasteiger partial charge on any atom is 0.340 e. The molecule has 1 aromatic rings. The molecule has 0 aliphatic heterocycles. The van der Waals surface area contributed by atoms with Crippen LogP contribution in [-0.4, -0.2) is 19.2 Å². The molecule has 3 nitrogen and oxygen atoms in total. The molecule has 0 N–H and O–H groups in total. The van der Waals surface area contributed by atoms with Crippen molar-refractivity contribution in [2.45, 2.75) is 20.0 Å². The van der Waals surface area contributed by atoms with Crippen LogP contribution in [0.5, 0.6) is 5.75 Å². The number of ether oxygens (including phenoxy) is 2. The van der Waals surface area contributed by atoms with Gasteiger partial charge in [-0.3, -0.25) is 0 Å². The Bertz CT molecular complexity index is 402. The van der Waals surface area contributed by atoms with E-state index in [1.165, 1.54) is 0 Å². The fourth-order valence-electron chi connectivity index (χ4n) is 1.14. The van der Waals surface area contributed by atoms with E-state index in [9.17, 15) is 13.6 Å². The summed E-state index contributed by atoms with van der Waals surface area (Å²) in [6.07, 6.45) is -0.280. The maximum absolute atomic E-state index is 13.4. The summed E-state index contributed by atoms with van der Waals surface area (Å²) in [5.74, 6) is -2.81. The first-order valence-electron chi connectivity index (χ1n) is 4.69. The molecule has 1 aromatic carbocycles. The van der Waals surface area contributed by atoms with Crippen molar-refractivity contribution in [2.75, 3.05) is 7.11 Å². The molecule has 88 valence electrons. The molecular formula is C11H12F2O3.